The molecule has 5 nitrogen and oxygen atoms in total. The van der Waals surface area contributed by atoms with Gasteiger partial charge in [0, 0.05) is 17.4 Å². The van der Waals surface area contributed by atoms with Crippen molar-refractivity contribution in [1.29, 1.82) is 5.26 Å². The van der Waals surface area contributed by atoms with Crippen LogP contribution in [0.4, 0.5) is 11.6 Å². The number of aryl methyl sites for hydroxylation is 1. The van der Waals surface area contributed by atoms with E-state index in [1.807, 2.05) is 0 Å². The number of hydrogen-bond acceptors (Lipinski definition) is 4. The second-order valence-corrected chi connectivity index (χ2v) is 4.50. The lowest BCUT2D eigenvalue weighted by Gasteiger charge is -2.07. The SMILES string of the molecule is CCCCc1cc(=O)[nH]c(Nc2ccc(C#N)cc2)n1. The molecular weight excluding hydrogens is 252 g/mol. The molecule has 5 heteroatoms. The van der Waals surface area contributed by atoms with Crippen LogP contribution >= 0.6 is 0 Å². The highest BCUT2D eigenvalue weighted by molar-refractivity contribution is 5.54. The number of nitriles is 1. The molecule has 20 heavy (non-hydrogen) atoms. The maximum atomic E-state index is 11.6. The molecule has 0 saturated heterocycles. The number of unbranched alkanes of at least 4 members (excludes halogenated alkanes) is 1. The highest BCUT2D eigenvalue weighted by Gasteiger charge is 2.02. The van der Waals surface area contributed by atoms with E-state index >= 15 is 0 Å². The van der Waals surface area contributed by atoms with Gasteiger partial charge in [-0.2, -0.15) is 5.26 Å². The summed E-state index contributed by atoms with van der Waals surface area (Å²) in [6.45, 7) is 2.10. The Labute approximate surface area is 117 Å². The molecule has 0 atom stereocenters. The molecule has 2 aromatic rings. The smallest absolute Gasteiger partial charge is 0.252 e. The number of nitrogens with one attached hydrogen (secondary N) is 2. The number of aromatic amines is 1. The average molecular weight is 268 g/mol. The summed E-state index contributed by atoms with van der Waals surface area (Å²) in [4.78, 5) is 18.6. The van der Waals surface area contributed by atoms with E-state index in [9.17, 15) is 4.79 Å². The topological polar surface area (TPSA) is 81.6 Å². The van der Waals surface area contributed by atoms with Gasteiger partial charge >= 0.3 is 0 Å². The fraction of sp³-hybridized carbons (Fsp3) is 0.267. The van der Waals surface area contributed by atoms with Gasteiger partial charge in [0.05, 0.1) is 11.6 Å². The molecule has 0 aliphatic heterocycles. The van der Waals surface area contributed by atoms with Gasteiger partial charge in [-0.15, -0.1) is 0 Å². The lowest BCUT2D eigenvalue weighted by molar-refractivity contribution is 0.772. The molecule has 0 radical (unpaired) electrons. The molecule has 0 saturated carbocycles. The van der Waals surface area contributed by atoms with Crippen LogP contribution in [0.3, 0.4) is 0 Å². The minimum atomic E-state index is -0.165. The average Bonchev–Trinajstić information content (AvgIpc) is 2.45. The molecule has 0 aliphatic rings. The third-order valence-corrected chi connectivity index (χ3v) is 2.86. The summed E-state index contributed by atoms with van der Waals surface area (Å²) in [6.07, 6.45) is 2.86. The van der Waals surface area contributed by atoms with Crippen molar-refractivity contribution < 1.29 is 0 Å². The van der Waals surface area contributed by atoms with Gasteiger partial charge in [-0.25, -0.2) is 4.98 Å². The highest BCUT2D eigenvalue weighted by Crippen LogP contribution is 2.13. The van der Waals surface area contributed by atoms with E-state index in [1.165, 1.54) is 6.07 Å². The van der Waals surface area contributed by atoms with Crippen molar-refractivity contribution in [3.05, 3.63) is 51.9 Å². The molecule has 1 aromatic carbocycles. The third-order valence-electron chi connectivity index (χ3n) is 2.86. The fourth-order valence-corrected chi connectivity index (χ4v) is 1.82. The van der Waals surface area contributed by atoms with Crippen molar-refractivity contribution in [2.75, 3.05) is 5.32 Å². The van der Waals surface area contributed by atoms with Gasteiger partial charge in [0.15, 0.2) is 0 Å². The molecule has 1 aromatic heterocycles. The summed E-state index contributed by atoms with van der Waals surface area (Å²) in [5, 5.41) is 11.8. The van der Waals surface area contributed by atoms with Crippen molar-refractivity contribution in [3.63, 3.8) is 0 Å². The van der Waals surface area contributed by atoms with E-state index in [4.69, 9.17) is 5.26 Å². The van der Waals surface area contributed by atoms with Crippen LogP contribution in [-0.2, 0) is 6.42 Å². The zero-order valence-electron chi connectivity index (χ0n) is 11.3. The first kappa shape index (κ1) is 13.8. The molecule has 2 rings (SSSR count). The third kappa shape index (κ3) is 3.69. The molecule has 1 heterocycles. The first-order valence-electron chi connectivity index (χ1n) is 6.58. The zero-order valence-corrected chi connectivity index (χ0v) is 11.3. The monoisotopic (exact) mass is 268 g/mol. The summed E-state index contributed by atoms with van der Waals surface area (Å²) in [6, 6.07) is 10.6. The van der Waals surface area contributed by atoms with Crippen molar-refractivity contribution in [2.24, 2.45) is 0 Å². The predicted molar refractivity (Wildman–Crippen MR) is 77.9 cm³/mol. The number of nitrogens with zero attached hydrogens (tertiary/aromatic N) is 2. The Balaban J connectivity index is 2.17. The van der Waals surface area contributed by atoms with Gasteiger partial charge in [0.2, 0.25) is 5.95 Å². The first-order valence-corrected chi connectivity index (χ1v) is 6.58. The standard InChI is InChI=1S/C15H16N4O/c1-2-3-4-13-9-14(20)19-15(18-13)17-12-7-5-11(10-16)6-8-12/h5-9H,2-4H2,1H3,(H2,17,18,19,20). The molecule has 2 N–H and O–H groups in total. The number of rotatable bonds is 5. The summed E-state index contributed by atoms with van der Waals surface area (Å²) in [7, 11) is 0. The maximum Gasteiger partial charge on any atom is 0.252 e. The lowest BCUT2D eigenvalue weighted by atomic mass is 10.2. The largest absolute Gasteiger partial charge is 0.326 e. The highest BCUT2D eigenvalue weighted by atomic mass is 16.1. The van der Waals surface area contributed by atoms with Crippen LogP contribution in [0.5, 0.6) is 0 Å². The Morgan fingerprint density at radius 3 is 2.75 bits per heavy atom. The van der Waals surface area contributed by atoms with Gasteiger partial charge < -0.3 is 5.32 Å². The Hall–Kier alpha value is -2.61. The van der Waals surface area contributed by atoms with Crippen molar-refractivity contribution in [2.45, 2.75) is 26.2 Å². The molecule has 102 valence electrons. The zero-order chi connectivity index (χ0) is 14.4. The van der Waals surface area contributed by atoms with Crippen LogP contribution < -0.4 is 10.9 Å². The minimum absolute atomic E-state index is 0.165. The fourth-order valence-electron chi connectivity index (χ4n) is 1.82. The van der Waals surface area contributed by atoms with E-state index in [0.717, 1.165) is 30.6 Å². The van der Waals surface area contributed by atoms with Crippen LogP contribution in [0.25, 0.3) is 0 Å². The van der Waals surface area contributed by atoms with Gasteiger partial charge in [-0.05, 0) is 37.1 Å². The van der Waals surface area contributed by atoms with Crippen molar-refractivity contribution in [1.82, 2.24) is 9.97 Å². The minimum Gasteiger partial charge on any atom is -0.326 e. The summed E-state index contributed by atoms with van der Waals surface area (Å²) in [5.74, 6) is 0.424. The molecular formula is C15H16N4O. The van der Waals surface area contributed by atoms with E-state index < -0.39 is 0 Å². The van der Waals surface area contributed by atoms with E-state index in [-0.39, 0.29) is 5.56 Å². The molecule has 0 bridgehead atoms. The van der Waals surface area contributed by atoms with Gasteiger partial charge in [-0.3, -0.25) is 9.78 Å². The second-order valence-electron chi connectivity index (χ2n) is 4.50. The number of aromatic nitrogens is 2. The van der Waals surface area contributed by atoms with E-state index in [0.29, 0.717) is 11.5 Å². The number of hydrogen-bond donors (Lipinski definition) is 2. The van der Waals surface area contributed by atoms with Crippen molar-refractivity contribution >= 4 is 11.6 Å². The normalized spacial score (nSPS) is 10.0. The molecule has 0 unspecified atom stereocenters. The van der Waals surface area contributed by atoms with Gasteiger partial charge in [0.25, 0.3) is 5.56 Å². The Bertz CT molecular complexity index is 668. The first-order chi connectivity index (χ1) is 9.71. The Morgan fingerprint density at radius 2 is 2.10 bits per heavy atom. The van der Waals surface area contributed by atoms with Crippen LogP contribution in [0, 0.1) is 11.3 Å². The molecule has 0 fully saturated rings. The van der Waals surface area contributed by atoms with E-state index in [2.05, 4.69) is 28.3 Å². The van der Waals surface area contributed by atoms with Crippen LogP contribution in [-0.4, -0.2) is 9.97 Å². The Morgan fingerprint density at radius 1 is 1.35 bits per heavy atom. The van der Waals surface area contributed by atoms with Gasteiger partial charge in [0.1, 0.15) is 0 Å². The van der Waals surface area contributed by atoms with Gasteiger partial charge in [-0.1, -0.05) is 13.3 Å². The molecule has 0 amide bonds. The number of benzene rings is 1. The maximum absolute atomic E-state index is 11.6. The van der Waals surface area contributed by atoms with Crippen LogP contribution in [0.1, 0.15) is 31.0 Å². The number of H-pyrrole nitrogens is 1. The summed E-state index contributed by atoms with van der Waals surface area (Å²) >= 11 is 0. The lowest BCUT2D eigenvalue weighted by Crippen LogP contribution is -2.12. The summed E-state index contributed by atoms with van der Waals surface area (Å²) in [5.41, 5.74) is 1.99. The van der Waals surface area contributed by atoms with Crippen molar-refractivity contribution in [3.8, 4) is 6.07 Å². The second kappa shape index (κ2) is 6.53. The quantitative estimate of drug-likeness (QED) is 0.873. The molecule has 0 spiro atoms. The molecule has 0 aliphatic carbocycles. The summed E-state index contributed by atoms with van der Waals surface area (Å²) < 4.78 is 0. The van der Waals surface area contributed by atoms with E-state index in [1.54, 1.807) is 24.3 Å². The number of anilines is 2. The Kier molecular flexibility index (Phi) is 4.51. The van der Waals surface area contributed by atoms with Crippen LogP contribution in [0.15, 0.2) is 35.1 Å². The predicted octanol–water partition coefficient (Wildman–Crippen LogP) is 2.73. The van der Waals surface area contributed by atoms with Crippen LogP contribution in [0.2, 0.25) is 0 Å².